The molecule has 0 aliphatic carbocycles. The fourth-order valence-electron chi connectivity index (χ4n) is 4.75. The Morgan fingerprint density at radius 1 is 0.889 bits per heavy atom. The number of benzene rings is 3. The molecule has 0 radical (unpaired) electrons. The van der Waals surface area contributed by atoms with E-state index in [-0.39, 0.29) is 17.1 Å². The van der Waals surface area contributed by atoms with Crippen molar-refractivity contribution in [2.24, 2.45) is 0 Å². The number of rotatable bonds is 4. The van der Waals surface area contributed by atoms with Gasteiger partial charge in [0.15, 0.2) is 0 Å². The smallest absolute Gasteiger partial charge is 0.300 e. The number of likely N-dealkylation sites (N-methyl/N-ethyl adjacent to an activating group) is 1. The topological polar surface area (TPSA) is 84.3 Å². The minimum absolute atomic E-state index is 0.0314. The van der Waals surface area contributed by atoms with Crippen LogP contribution in [0.15, 0.2) is 78.4 Å². The number of hydrogen-bond acceptors (Lipinski definition) is 6. The van der Waals surface area contributed by atoms with Crippen LogP contribution >= 0.6 is 11.6 Å². The second-order valence-electron chi connectivity index (χ2n) is 9.08. The highest BCUT2D eigenvalue weighted by molar-refractivity contribution is 6.51. The van der Waals surface area contributed by atoms with E-state index >= 15 is 0 Å². The molecular weight excluding hydrogens is 478 g/mol. The SMILES string of the molecule is CN1CCN(c2ccc(N3C(=O)C(=O)/C(=C(/O)c4cccc(Cl)c4)C3c3ccc(O)cc3)cc2)CC1. The van der Waals surface area contributed by atoms with Crippen molar-refractivity contribution in [1.29, 1.82) is 0 Å². The summed E-state index contributed by atoms with van der Waals surface area (Å²) in [5.41, 5.74) is 2.48. The van der Waals surface area contributed by atoms with Gasteiger partial charge in [-0.15, -0.1) is 0 Å². The van der Waals surface area contributed by atoms with Crippen LogP contribution in [0.1, 0.15) is 17.2 Å². The third-order valence-electron chi connectivity index (χ3n) is 6.75. The lowest BCUT2D eigenvalue weighted by Crippen LogP contribution is -2.44. The molecule has 0 spiro atoms. The molecule has 2 aliphatic heterocycles. The Labute approximate surface area is 214 Å². The van der Waals surface area contributed by atoms with Crippen molar-refractivity contribution >= 4 is 40.4 Å². The highest BCUT2D eigenvalue weighted by Crippen LogP contribution is 2.43. The van der Waals surface area contributed by atoms with Crippen molar-refractivity contribution in [3.05, 3.63) is 94.5 Å². The van der Waals surface area contributed by atoms with E-state index in [4.69, 9.17) is 11.6 Å². The Kier molecular flexibility index (Phi) is 6.43. The van der Waals surface area contributed by atoms with Gasteiger partial charge in [0.05, 0.1) is 11.6 Å². The maximum Gasteiger partial charge on any atom is 0.300 e. The highest BCUT2D eigenvalue weighted by Gasteiger charge is 2.47. The first-order chi connectivity index (χ1) is 17.3. The standard InChI is InChI=1S/C28H26ClN3O4/c1-30-13-15-31(16-14-30)21-7-9-22(10-8-21)32-25(18-5-11-23(33)12-6-18)24(27(35)28(32)36)26(34)19-3-2-4-20(29)17-19/h2-12,17,25,33-34H,13-16H2,1H3/b26-24+. The predicted molar refractivity (Wildman–Crippen MR) is 140 cm³/mol. The summed E-state index contributed by atoms with van der Waals surface area (Å²) in [4.78, 5) is 32.6. The molecule has 2 saturated heterocycles. The molecule has 0 bridgehead atoms. The summed E-state index contributed by atoms with van der Waals surface area (Å²) in [5.74, 6) is -1.76. The Morgan fingerprint density at radius 2 is 1.53 bits per heavy atom. The van der Waals surface area contributed by atoms with Gasteiger partial charge in [-0.25, -0.2) is 0 Å². The molecule has 1 unspecified atom stereocenters. The molecular formula is C28H26ClN3O4. The number of piperazine rings is 1. The molecule has 5 rings (SSSR count). The molecule has 3 aromatic rings. The lowest BCUT2D eigenvalue weighted by molar-refractivity contribution is -0.132. The number of phenols is 1. The van der Waals surface area contributed by atoms with E-state index in [1.807, 2.05) is 24.3 Å². The van der Waals surface area contributed by atoms with Crippen molar-refractivity contribution in [2.75, 3.05) is 43.0 Å². The summed E-state index contributed by atoms with van der Waals surface area (Å²) in [6, 6.07) is 19.4. The monoisotopic (exact) mass is 503 g/mol. The zero-order valence-corrected chi connectivity index (χ0v) is 20.5. The van der Waals surface area contributed by atoms with Gasteiger partial charge in [-0.2, -0.15) is 0 Å². The van der Waals surface area contributed by atoms with Crippen molar-refractivity contribution in [1.82, 2.24) is 4.90 Å². The van der Waals surface area contributed by atoms with Crippen LogP contribution in [-0.4, -0.2) is 60.0 Å². The van der Waals surface area contributed by atoms with Crippen LogP contribution in [0.2, 0.25) is 5.02 Å². The molecule has 1 amide bonds. The fraction of sp³-hybridized carbons (Fsp3) is 0.214. The van der Waals surface area contributed by atoms with E-state index < -0.39 is 17.7 Å². The molecule has 0 aromatic heterocycles. The molecule has 2 heterocycles. The normalized spacial score (nSPS) is 20.2. The van der Waals surface area contributed by atoms with E-state index in [0.29, 0.717) is 21.8 Å². The first kappa shape index (κ1) is 23.9. The number of aromatic hydroxyl groups is 1. The molecule has 2 fully saturated rings. The molecule has 8 heteroatoms. The van der Waals surface area contributed by atoms with Gasteiger partial charge in [0, 0.05) is 48.1 Å². The maximum absolute atomic E-state index is 13.3. The maximum atomic E-state index is 13.3. The second-order valence-corrected chi connectivity index (χ2v) is 9.51. The number of amides is 1. The lowest BCUT2D eigenvalue weighted by atomic mass is 9.95. The number of carbonyl (C=O) groups is 2. The number of aliphatic hydroxyl groups excluding tert-OH is 1. The van der Waals surface area contributed by atoms with Crippen molar-refractivity contribution in [2.45, 2.75) is 6.04 Å². The Morgan fingerprint density at radius 3 is 2.17 bits per heavy atom. The highest BCUT2D eigenvalue weighted by atomic mass is 35.5. The number of phenolic OH excluding ortho intramolecular Hbond substituents is 1. The van der Waals surface area contributed by atoms with E-state index in [1.165, 1.54) is 17.0 Å². The zero-order valence-electron chi connectivity index (χ0n) is 19.8. The summed E-state index contributed by atoms with van der Waals surface area (Å²) < 4.78 is 0. The van der Waals surface area contributed by atoms with Crippen molar-refractivity contribution in [3.63, 3.8) is 0 Å². The summed E-state index contributed by atoms with van der Waals surface area (Å²) in [7, 11) is 2.10. The van der Waals surface area contributed by atoms with E-state index in [2.05, 4.69) is 16.8 Å². The van der Waals surface area contributed by atoms with Gasteiger partial charge in [0.2, 0.25) is 0 Å². The van der Waals surface area contributed by atoms with Gasteiger partial charge in [-0.3, -0.25) is 14.5 Å². The number of anilines is 2. The Hall–Kier alpha value is -3.81. The third kappa shape index (κ3) is 4.43. The van der Waals surface area contributed by atoms with Crippen LogP contribution in [0, 0.1) is 0 Å². The van der Waals surface area contributed by atoms with Crippen LogP contribution in [0.3, 0.4) is 0 Å². The van der Waals surface area contributed by atoms with Crippen LogP contribution in [0.25, 0.3) is 5.76 Å². The molecule has 184 valence electrons. The quantitative estimate of drug-likeness (QED) is 0.311. The molecule has 3 aromatic carbocycles. The predicted octanol–water partition coefficient (Wildman–Crippen LogP) is 4.42. The molecule has 7 nitrogen and oxygen atoms in total. The van der Waals surface area contributed by atoms with Crippen LogP contribution in [0.4, 0.5) is 11.4 Å². The molecule has 2 aliphatic rings. The first-order valence-electron chi connectivity index (χ1n) is 11.7. The molecule has 0 saturated carbocycles. The van der Waals surface area contributed by atoms with Gasteiger partial charge < -0.3 is 20.0 Å². The van der Waals surface area contributed by atoms with Crippen molar-refractivity contribution < 1.29 is 19.8 Å². The number of carbonyl (C=O) groups excluding carboxylic acids is 2. The molecule has 1 atom stereocenters. The summed E-state index contributed by atoms with van der Waals surface area (Å²) in [5, 5.41) is 21.4. The molecule has 2 N–H and O–H groups in total. The summed E-state index contributed by atoms with van der Waals surface area (Å²) >= 11 is 6.11. The van der Waals surface area contributed by atoms with E-state index in [0.717, 1.165) is 31.9 Å². The Bertz CT molecular complexity index is 1330. The van der Waals surface area contributed by atoms with E-state index in [9.17, 15) is 19.8 Å². The van der Waals surface area contributed by atoms with E-state index in [1.54, 1.807) is 36.4 Å². The minimum atomic E-state index is -0.876. The van der Waals surface area contributed by atoms with Crippen LogP contribution in [-0.2, 0) is 9.59 Å². The average molecular weight is 504 g/mol. The number of aliphatic hydroxyl groups is 1. The number of nitrogens with zero attached hydrogens (tertiary/aromatic N) is 3. The lowest BCUT2D eigenvalue weighted by Gasteiger charge is -2.34. The number of halogens is 1. The first-order valence-corrected chi connectivity index (χ1v) is 12.1. The second kappa shape index (κ2) is 9.68. The van der Waals surface area contributed by atoms with Gasteiger partial charge in [0.25, 0.3) is 11.7 Å². The van der Waals surface area contributed by atoms with Gasteiger partial charge in [-0.05, 0) is 61.1 Å². The largest absolute Gasteiger partial charge is 0.508 e. The summed E-state index contributed by atoms with van der Waals surface area (Å²) in [6.45, 7) is 3.77. The van der Waals surface area contributed by atoms with Crippen LogP contribution in [0.5, 0.6) is 5.75 Å². The zero-order chi connectivity index (χ0) is 25.4. The van der Waals surface area contributed by atoms with Crippen LogP contribution < -0.4 is 9.80 Å². The van der Waals surface area contributed by atoms with Gasteiger partial charge in [-0.1, -0.05) is 35.9 Å². The Balaban J connectivity index is 1.58. The number of hydrogen-bond donors (Lipinski definition) is 2. The molecule has 36 heavy (non-hydrogen) atoms. The average Bonchev–Trinajstić information content (AvgIpc) is 3.15. The number of Topliss-reactive ketones (excluding diaryl/α,β-unsaturated/α-hetero) is 1. The number of ketones is 1. The van der Waals surface area contributed by atoms with Crippen molar-refractivity contribution in [3.8, 4) is 5.75 Å². The van der Waals surface area contributed by atoms with Gasteiger partial charge in [0.1, 0.15) is 11.5 Å². The summed E-state index contributed by atoms with van der Waals surface area (Å²) in [6.07, 6.45) is 0. The fourth-order valence-corrected chi connectivity index (χ4v) is 4.94. The van der Waals surface area contributed by atoms with Gasteiger partial charge >= 0.3 is 0 Å². The minimum Gasteiger partial charge on any atom is -0.508 e. The third-order valence-corrected chi connectivity index (χ3v) is 6.98.